The first-order chi connectivity index (χ1) is 11.8. The standard InChI is InChI=1S/C19H19N3OS/c23-19(18-17-6-2-1-4-15(17)7-8-20-18)22-11-9-21(10-12-22)14-16-5-3-13-24-16/h1-8,13H,9-12,14H2. The van der Waals surface area contributed by atoms with Gasteiger partial charge in [-0.2, -0.15) is 0 Å². The molecule has 1 amide bonds. The van der Waals surface area contributed by atoms with Crippen molar-refractivity contribution in [2.75, 3.05) is 26.2 Å². The summed E-state index contributed by atoms with van der Waals surface area (Å²) in [6, 6.07) is 14.1. The summed E-state index contributed by atoms with van der Waals surface area (Å²) in [7, 11) is 0. The Kier molecular flexibility index (Phi) is 4.28. The molecular weight excluding hydrogens is 318 g/mol. The number of rotatable bonds is 3. The highest BCUT2D eigenvalue weighted by atomic mass is 32.1. The minimum Gasteiger partial charge on any atom is -0.335 e. The smallest absolute Gasteiger partial charge is 0.273 e. The van der Waals surface area contributed by atoms with Crippen molar-refractivity contribution >= 4 is 28.0 Å². The number of hydrogen-bond donors (Lipinski definition) is 0. The molecule has 0 unspecified atom stereocenters. The molecule has 0 radical (unpaired) electrons. The molecule has 24 heavy (non-hydrogen) atoms. The fraction of sp³-hybridized carbons (Fsp3) is 0.263. The largest absolute Gasteiger partial charge is 0.335 e. The SMILES string of the molecule is O=C(c1nccc2ccccc12)N1CCN(Cc2cccs2)CC1. The molecule has 4 rings (SSSR count). The van der Waals surface area contributed by atoms with E-state index in [1.165, 1.54) is 4.88 Å². The van der Waals surface area contributed by atoms with Crippen LogP contribution in [0.2, 0.25) is 0 Å². The maximum Gasteiger partial charge on any atom is 0.273 e. The van der Waals surface area contributed by atoms with Crippen molar-refractivity contribution in [3.63, 3.8) is 0 Å². The number of piperazine rings is 1. The summed E-state index contributed by atoms with van der Waals surface area (Å²) in [5, 5.41) is 4.11. The first-order valence-electron chi connectivity index (χ1n) is 8.19. The zero-order chi connectivity index (χ0) is 16.4. The van der Waals surface area contributed by atoms with Crippen molar-refractivity contribution in [1.82, 2.24) is 14.8 Å². The molecule has 1 aliphatic heterocycles. The summed E-state index contributed by atoms with van der Waals surface area (Å²) in [4.78, 5) is 23.0. The first kappa shape index (κ1) is 15.3. The van der Waals surface area contributed by atoms with Crippen molar-refractivity contribution in [3.05, 3.63) is 64.6 Å². The van der Waals surface area contributed by atoms with E-state index in [-0.39, 0.29) is 5.91 Å². The van der Waals surface area contributed by atoms with Crippen molar-refractivity contribution in [3.8, 4) is 0 Å². The van der Waals surface area contributed by atoms with E-state index in [1.807, 2.05) is 35.2 Å². The number of fused-ring (bicyclic) bond motifs is 1. The van der Waals surface area contributed by atoms with E-state index in [2.05, 4.69) is 27.4 Å². The van der Waals surface area contributed by atoms with E-state index in [1.54, 1.807) is 17.5 Å². The van der Waals surface area contributed by atoms with Crippen LogP contribution in [0.4, 0.5) is 0 Å². The highest BCUT2D eigenvalue weighted by molar-refractivity contribution is 7.09. The number of benzene rings is 1. The summed E-state index contributed by atoms with van der Waals surface area (Å²) in [6.07, 6.45) is 1.72. The van der Waals surface area contributed by atoms with Crippen LogP contribution in [-0.4, -0.2) is 46.9 Å². The zero-order valence-electron chi connectivity index (χ0n) is 13.4. The number of aromatic nitrogens is 1. The molecule has 0 N–H and O–H groups in total. The molecule has 0 atom stereocenters. The monoisotopic (exact) mass is 337 g/mol. The van der Waals surface area contributed by atoms with E-state index in [4.69, 9.17) is 0 Å². The molecule has 1 aliphatic rings. The highest BCUT2D eigenvalue weighted by Crippen LogP contribution is 2.19. The van der Waals surface area contributed by atoms with Gasteiger partial charge in [-0.05, 0) is 22.9 Å². The van der Waals surface area contributed by atoms with Gasteiger partial charge in [0.1, 0.15) is 5.69 Å². The van der Waals surface area contributed by atoms with Crippen LogP contribution in [0.5, 0.6) is 0 Å². The Bertz CT molecular complexity index is 833. The van der Waals surface area contributed by atoms with E-state index in [9.17, 15) is 4.79 Å². The molecule has 5 heteroatoms. The van der Waals surface area contributed by atoms with E-state index < -0.39 is 0 Å². The Labute approximate surface area is 145 Å². The molecule has 2 aromatic heterocycles. The van der Waals surface area contributed by atoms with Crippen LogP contribution in [-0.2, 0) is 6.54 Å². The van der Waals surface area contributed by atoms with Gasteiger partial charge in [0, 0.05) is 49.2 Å². The van der Waals surface area contributed by atoms with Gasteiger partial charge in [0.05, 0.1) is 0 Å². The molecule has 0 saturated carbocycles. The second kappa shape index (κ2) is 6.71. The summed E-state index contributed by atoms with van der Waals surface area (Å²) in [6.45, 7) is 4.32. The lowest BCUT2D eigenvalue weighted by Gasteiger charge is -2.34. The molecule has 1 aromatic carbocycles. The summed E-state index contributed by atoms with van der Waals surface area (Å²) >= 11 is 1.79. The molecule has 122 valence electrons. The van der Waals surface area contributed by atoms with Gasteiger partial charge in [-0.1, -0.05) is 30.3 Å². The fourth-order valence-electron chi connectivity index (χ4n) is 3.17. The lowest BCUT2D eigenvalue weighted by molar-refractivity contribution is 0.0626. The van der Waals surface area contributed by atoms with Gasteiger partial charge in [0.2, 0.25) is 0 Å². The third kappa shape index (κ3) is 3.05. The molecule has 0 aliphatic carbocycles. The second-order valence-corrected chi connectivity index (χ2v) is 7.06. The van der Waals surface area contributed by atoms with Gasteiger partial charge in [0.25, 0.3) is 5.91 Å². The molecule has 1 fully saturated rings. The quantitative estimate of drug-likeness (QED) is 0.736. The number of amides is 1. The van der Waals surface area contributed by atoms with Crippen molar-refractivity contribution in [2.45, 2.75) is 6.54 Å². The number of thiophene rings is 1. The van der Waals surface area contributed by atoms with Gasteiger partial charge in [-0.3, -0.25) is 14.7 Å². The average Bonchev–Trinajstić information content (AvgIpc) is 3.14. The van der Waals surface area contributed by atoms with Crippen LogP contribution >= 0.6 is 11.3 Å². The average molecular weight is 337 g/mol. The lowest BCUT2D eigenvalue weighted by Crippen LogP contribution is -2.48. The summed E-state index contributed by atoms with van der Waals surface area (Å²) in [5.74, 6) is 0.0440. The predicted octanol–water partition coefficient (Wildman–Crippen LogP) is 3.25. The third-order valence-corrected chi connectivity index (χ3v) is 5.36. The predicted molar refractivity (Wildman–Crippen MR) is 97.2 cm³/mol. The van der Waals surface area contributed by atoms with Gasteiger partial charge in [0.15, 0.2) is 0 Å². The molecule has 4 nitrogen and oxygen atoms in total. The Balaban J connectivity index is 1.46. The number of carbonyl (C=O) groups excluding carboxylic acids is 1. The maximum absolute atomic E-state index is 12.9. The maximum atomic E-state index is 12.9. The van der Waals surface area contributed by atoms with E-state index in [0.29, 0.717) is 5.69 Å². The summed E-state index contributed by atoms with van der Waals surface area (Å²) < 4.78 is 0. The van der Waals surface area contributed by atoms with Gasteiger partial charge < -0.3 is 4.90 Å². The number of carbonyl (C=O) groups is 1. The summed E-state index contributed by atoms with van der Waals surface area (Å²) in [5.41, 5.74) is 0.569. The lowest BCUT2D eigenvalue weighted by atomic mass is 10.1. The minimum atomic E-state index is 0.0440. The first-order valence-corrected chi connectivity index (χ1v) is 9.07. The fourth-order valence-corrected chi connectivity index (χ4v) is 3.92. The molecule has 3 aromatic rings. The Hall–Kier alpha value is -2.24. The molecule has 0 bridgehead atoms. The molecule has 3 heterocycles. The van der Waals surface area contributed by atoms with Crippen LogP contribution in [0.25, 0.3) is 10.8 Å². The second-order valence-electron chi connectivity index (χ2n) is 6.03. The van der Waals surface area contributed by atoms with Crippen LogP contribution < -0.4 is 0 Å². The van der Waals surface area contributed by atoms with Crippen LogP contribution in [0.1, 0.15) is 15.4 Å². The van der Waals surface area contributed by atoms with Gasteiger partial charge in [-0.15, -0.1) is 11.3 Å². The molecule has 1 saturated heterocycles. The van der Waals surface area contributed by atoms with Crippen molar-refractivity contribution in [1.29, 1.82) is 0 Å². The van der Waals surface area contributed by atoms with Crippen LogP contribution in [0.3, 0.4) is 0 Å². The topological polar surface area (TPSA) is 36.4 Å². The van der Waals surface area contributed by atoms with Crippen molar-refractivity contribution < 1.29 is 4.79 Å². The minimum absolute atomic E-state index is 0.0440. The number of hydrogen-bond acceptors (Lipinski definition) is 4. The van der Waals surface area contributed by atoms with Crippen molar-refractivity contribution in [2.24, 2.45) is 0 Å². The Morgan fingerprint density at radius 3 is 2.67 bits per heavy atom. The van der Waals surface area contributed by atoms with Gasteiger partial charge >= 0.3 is 0 Å². The van der Waals surface area contributed by atoms with Gasteiger partial charge in [-0.25, -0.2) is 0 Å². The van der Waals surface area contributed by atoms with E-state index >= 15 is 0 Å². The highest BCUT2D eigenvalue weighted by Gasteiger charge is 2.24. The molecular formula is C19H19N3OS. The number of pyridine rings is 1. The molecule has 0 spiro atoms. The van der Waals surface area contributed by atoms with E-state index in [0.717, 1.165) is 43.5 Å². The Morgan fingerprint density at radius 1 is 1.04 bits per heavy atom. The Morgan fingerprint density at radius 2 is 1.88 bits per heavy atom. The van der Waals surface area contributed by atoms with Crippen LogP contribution in [0.15, 0.2) is 54.0 Å². The normalized spacial score (nSPS) is 15.8. The number of nitrogens with zero attached hydrogens (tertiary/aromatic N) is 3. The zero-order valence-corrected chi connectivity index (χ0v) is 14.2. The third-order valence-electron chi connectivity index (χ3n) is 4.50. The van der Waals surface area contributed by atoms with Crippen LogP contribution in [0, 0.1) is 0 Å².